The first-order valence-corrected chi connectivity index (χ1v) is 12.5. The number of rotatable bonds is 3. The summed E-state index contributed by atoms with van der Waals surface area (Å²) >= 11 is 0. The minimum absolute atomic E-state index is 0.0602. The molecule has 3 heterocycles. The zero-order valence-electron chi connectivity index (χ0n) is 21.2. The van der Waals surface area contributed by atoms with E-state index in [0.717, 1.165) is 29.9 Å². The van der Waals surface area contributed by atoms with Gasteiger partial charge in [0.25, 0.3) is 0 Å². The molecule has 0 spiro atoms. The molecule has 2 atom stereocenters. The van der Waals surface area contributed by atoms with Crippen LogP contribution in [0.2, 0.25) is 0 Å². The second-order valence-electron chi connectivity index (χ2n) is 10.7. The van der Waals surface area contributed by atoms with Crippen molar-refractivity contribution in [2.24, 2.45) is 17.8 Å². The van der Waals surface area contributed by atoms with E-state index in [1.165, 1.54) is 5.56 Å². The van der Waals surface area contributed by atoms with Gasteiger partial charge in [-0.15, -0.1) is 0 Å². The summed E-state index contributed by atoms with van der Waals surface area (Å²) in [6.45, 7) is 10.3. The predicted molar refractivity (Wildman–Crippen MR) is 135 cm³/mol. The second kappa shape index (κ2) is 11.5. The van der Waals surface area contributed by atoms with Gasteiger partial charge in [0.2, 0.25) is 5.91 Å². The number of carbonyl (C=O) groups excluding carboxylic acids is 2. The molecule has 3 aliphatic rings. The zero-order valence-corrected chi connectivity index (χ0v) is 21.2. The number of esters is 1. The van der Waals surface area contributed by atoms with Gasteiger partial charge in [-0.05, 0) is 94.2 Å². The molecule has 0 saturated heterocycles. The van der Waals surface area contributed by atoms with E-state index in [1.54, 1.807) is 0 Å². The first-order chi connectivity index (χ1) is 16.1. The zero-order chi connectivity index (χ0) is 24.7. The summed E-state index contributed by atoms with van der Waals surface area (Å²) in [6.07, 6.45) is 3.60. The Balaban J connectivity index is 1.88. The van der Waals surface area contributed by atoms with Crippen molar-refractivity contribution in [1.29, 1.82) is 0 Å². The number of ether oxygens (including phenoxy) is 2. The van der Waals surface area contributed by atoms with Crippen molar-refractivity contribution in [3.8, 4) is 11.5 Å². The van der Waals surface area contributed by atoms with E-state index in [-0.39, 0.29) is 11.9 Å². The van der Waals surface area contributed by atoms with E-state index in [1.807, 2.05) is 57.2 Å². The molecule has 0 aromatic heterocycles. The fourth-order valence-electron chi connectivity index (χ4n) is 4.39. The Hall–Kier alpha value is -2.82. The molecule has 34 heavy (non-hydrogen) atoms. The maximum absolute atomic E-state index is 13.3. The van der Waals surface area contributed by atoms with Gasteiger partial charge < -0.3 is 14.8 Å². The van der Waals surface area contributed by atoms with Crippen LogP contribution in [0.3, 0.4) is 0 Å². The maximum atomic E-state index is 13.3. The summed E-state index contributed by atoms with van der Waals surface area (Å²) in [5.74, 6) is 0.664. The fraction of sp³-hybridized carbons (Fsp3) is 0.517. The van der Waals surface area contributed by atoms with E-state index in [0.29, 0.717) is 31.7 Å². The SMILES string of the molecule is CC(C)C[C@H]1C(=O)NCCc2ccc(cc2)Oc2ccc(cc2)CCC[C@@H]1C(=O)OC(C)(C)C. The van der Waals surface area contributed by atoms with Crippen LogP contribution in [-0.2, 0) is 27.2 Å². The molecule has 0 fully saturated rings. The number of hydrogen-bond donors (Lipinski definition) is 1. The van der Waals surface area contributed by atoms with Crippen LogP contribution in [0, 0.1) is 17.8 Å². The van der Waals surface area contributed by atoms with Gasteiger partial charge in [0.15, 0.2) is 0 Å². The van der Waals surface area contributed by atoms with E-state index in [4.69, 9.17) is 9.47 Å². The first kappa shape index (κ1) is 25.8. The van der Waals surface area contributed by atoms with Crippen molar-refractivity contribution < 1.29 is 19.1 Å². The first-order valence-electron chi connectivity index (χ1n) is 12.5. The summed E-state index contributed by atoms with van der Waals surface area (Å²) in [4.78, 5) is 26.6. The molecule has 0 unspecified atom stereocenters. The van der Waals surface area contributed by atoms with E-state index < -0.39 is 17.4 Å². The molecule has 0 aliphatic carbocycles. The molecular formula is C29H39NO4. The highest BCUT2D eigenvalue weighted by Crippen LogP contribution is 2.29. The van der Waals surface area contributed by atoms with Crippen LogP contribution in [0.1, 0.15) is 65.0 Å². The highest BCUT2D eigenvalue weighted by atomic mass is 16.6. The summed E-state index contributed by atoms with van der Waals surface area (Å²) in [5.41, 5.74) is 1.70. The van der Waals surface area contributed by atoms with Crippen LogP contribution in [0.15, 0.2) is 48.5 Å². The molecule has 0 saturated carbocycles. The fourth-order valence-corrected chi connectivity index (χ4v) is 4.39. The van der Waals surface area contributed by atoms with Gasteiger partial charge in [0.05, 0.1) is 11.8 Å². The Labute approximate surface area is 204 Å². The molecule has 3 aliphatic heterocycles. The van der Waals surface area contributed by atoms with Gasteiger partial charge in [-0.2, -0.15) is 0 Å². The van der Waals surface area contributed by atoms with Crippen molar-refractivity contribution in [2.75, 3.05) is 6.54 Å². The average molecular weight is 466 g/mol. The maximum Gasteiger partial charge on any atom is 0.310 e. The van der Waals surface area contributed by atoms with Crippen LogP contribution < -0.4 is 10.1 Å². The Morgan fingerprint density at radius 2 is 1.56 bits per heavy atom. The summed E-state index contributed by atoms with van der Waals surface area (Å²) in [6, 6.07) is 16.0. The van der Waals surface area contributed by atoms with Crippen molar-refractivity contribution >= 4 is 11.9 Å². The molecule has 1 amide bonds. The van der Waals surface area contributed by atoms with E-state index >= 15 is 0 Å². The van der Waals surface area contributed by atoms with Crippen LogP contribution >= 0.6 is 0 Å². The van der Waals surface area contributed by atoms with Gasteiger partial charge in [0, 0.05) is 6.54 Å². The Kier molecular flexibility index (Phi) is 8.76. The molecule has 0 radical (unpaired) electrons. The largest absolute Gasteiger partial charge is 0.460 e. The molecule has 2 aromatic rings. The lowest BCUT2D eigenvalue weighted by Crippen LogP contribution is -2.41. The lowest BCUT2D eigenvalue weighted by molar-refractivity contribution is -0.164. The second-order valence-corrected chi connectivity index (χ2v) is 10.7. The third kappa shape index (κ3) is 7.89. The van der Waals surface area contributed by atoms with Gasteiger partial charge in [-0.25, -0.2) is 0 Å². The molecule has 184 valence electrons. The number of aryl methyl sites for hydroxylation is 1. The molecular weight excluding hydrogens is 426 g/mol. The molecule has 2 aromatic carbocycles. The third-order valence-corrected chi connectivity index (χ3v) is 6.03. The Bertz CT molecular complexity index is 942. The van der Waals surface area contributed by atoms with Gasteiger partial charge in [0.1, 0.15) is 17.1 Å². The third-order valence-electron chi connectivity index (χ3n) is 6.03. The predicted octanol–water partition coefficient (Wildman–Crippen LogP) is 6.09. The number of benzene rings is 2. The lowest BCUT2D eigenvalue weighted by Gasteiger charge is -2.30. The van der Waals surface area contributed by atoms with Crippen molar-refractivity contribution in [3.63, 3.8) is 0 Å². The van der Waals surface area contributed by atoms with Gasteiger partial charge >= 0.3 is 5.97 Å². The molecule has 5 nitrogen and oxygen atoms in total. The van der Waals surface area contributed by atoms with Crippen LogP contribution in [0.25, 0.3) is 0 Å². The Morgan fingerprint density at radius 1 is 1.00 bits per heavy atom. The molecule has 1 N–H and O–H groups in total. The highest BCUT2D eigenvalue weighted by molar-refractivity contribution is 5.85. The standard InChI is InChI=1S/C29H39NO4/c1-20(2)19-26-25(28(32)34-29(3,4)5)8-6-7-21-9-13-23(14-10-21)33-24-15-11-22(12-16-24)17-18-30-27(26)31/h9-16,20,25-26H,6-8,17-19H2,1-5H3,(H,30,31)/t25-,26+/m0/s1. The summed E-state index contributed by atoms with van der Waals surface area (Å²) in [5, 5.41) is 3.09. The van der Waals surface area contributed by atoms with Gasteiger partial charge in [-0.1, -0.05) is 38.1 Å². The quantitative estimate of drug-likeness (QED) is 0.557. The molecule has 5 rings (SSSR count). The average Bonchev–Trinajstić information content (AvgIpc) is 2.76. The lowest BCUT2D eigenvalue weighted by atomic mass is 9.81. The minimum atomic E-state index is -0.593. The number of amides is 1. The number of nitrogens with one attached hydrogen (secondary N) is 1. The Morgan fingerprint density at radius 3 is 2.09 bits per heavy atom. The summed E-state index contributed by atoms with van der Waals surface area (Å²) < 4.78 is 11.7. The smallest absolute Gasteiger partial charge is 0.310 e. The van der Waals surface area contributed by atoms with Crippen LogP contribution in [0.4, 0.5) is 0 Å². The number of carbonyl (C=O) groups is 2. The number of hydrogen-bond acceptors (Lipinski definition) is 4. The molecule has 5 heteroatoms. The number of fused-ring (bicyclic) bond motifs is 2. The monoisotopic (exact) mass is 465 g/mol. The van der Waals surface area contributed by atoms with Gasteiger partial charge in [-0.3, -0.25) is 9.59 Å². The summed E-state index contributed by atoms with van der Waals surface area (Å²) in [7, 11) is 0. The van der Waals surface area contributed by atoms with E-state index in [9.17, 15) is 9.59 Å². The van der Waals surface area contributed by atoms with Crippen molar-refractivity contribution in [2.45, 2.75) is 72.3 Å². The minimum Gasteiger partial charge on any atom is -0.460 e. The normalized spacial score (nSPS) is 19.8. The van der Waals surface area contributed by atoms with Crippen LogP contribution in [-0.4, -0.2) is 24.0 Å². The highest BCUT2D eigenvalue weighted by Gasteiger charge is 2.36. The topological polar surface area (TPSA) is 64.6 Å². The van der Waals surface area contributed by atoms with E-state index in [2.05, 4.69) is 31.3 Å². The molecule has 4 bridgehead atoms. The van der Waals surface area contributed by atoms with Crippen LogP contribution in [0.5, 0.6) is 11.5 Å². The van der Waals surface area contributed by atoms with Crippen molar-refractivity contribution in [1.82, 2.24) is 5.32 Å². The van der Waals surface area contributed by atoms with Crippen molar-refractivity contribution in [3.05, 3.63) is 59.7 Å².